The lowest BCUT2D eigenvalue weighted by molar-refractivity contribution is 0.215. The summed E-state index contributed by atoms with van der Waals surface area (Å²) in [5, 5.41) is 4.59. The first-order chi connectivity index (χ1) is 12.0. The number of nitrogens with zero attached hydrogens (tertiary/aromatic N) is 3. The van der Waals surface area contributed by atoms with Crippen LogP contribution in [0.5, 0.6) is 0 Å². The SMILES string of the molecule is C/C=C\C.CC.CC1=CNc2sc(C)cc2C(N2CCN(C)CC2)=N1. The number of piperazine rings is 1. The number of thiophene rings is 1. The molecule has 0 spiro atoms. The van der Waals surface area contributed by atoms with Crippen molar-refractivity contribution in [3.8, 4) is 0 Å². The molecule has 1 aromatic heterocycles. The normalized spacial score (nSPS) is 17.2. The molecule has 3 rings (SSSR count). The Bertz CT molecular complexity index is 601. The molecule has 0 atom stereocenters. The fourth-order valence-corrected chi connectivity index (χ4v) is 3.35. The van der Waals surface area contributed by atoms with Crippen LogP contribution in [0.25, 0.3) is 0 Å². The number of fused-ring (bicyclic) bond motifs is 1. The molecule has 4 nitrogen and oxygen atoms in total. The largest absolute Gasteiger partial charge is 0.353 e. The van der Waals surface area contributed by atoms with Crippen molar-refractivity contribution in [2.75, 3.05) is 38.5 Å². The van der Waals surface area contributed by atoms with E-state index in [-0.39, 0.29) is 0 Å². The van der Waals surface area contributed by atoms with Crippen LogP contribution in [0, 0.1) is 6.92 Å². The van der Waals surface area contributed by atoms with Gasteiger partial charge in [-0.1, -0.05) is 26.0 Å². The maximum Gasteiger partial charge on any atom is 0.139 e. The van der Waals surface area contributed by atoms with Crippen molar-refractivity contribution in [1.82, 2.24) is 9.80 Å². The Labute approximate surface area is 157 Å². The van der Waals surface area contributed by atoms with Gasteiger partial charge < -0.3 is 15.1 Å². The highest BCUT2D eigenvalue weighted by Gasteiger charge is 2.23. The molecule has 5 heteroatoms. The standard InChI is InChI=1S/C14H20N4S.C4H8.C2H6/c1-10-9-15-14-12(8-11(2)19-14)13(16-10)18-6-4-17(3)5-7-18;1-3-4-2;1-2/h8-9,15H,4-7H2,1-3H3;3-4H,1-2H3;1-2H3/b;4-3-;. The minimum Gasteiger partial charge on any atom is -0.353 e. The molecule has 0 bridgehead atoms. The fourth-order valence-electron chi connectivity index (χ4n) is 2.48. The van der Waals surface area contributed by atoms with E-state index in [9.17, 15) is 0 Å². The van der Waals surface area contributed by atoms with E-state index in [2.05, 4.69) is 35.2 Å². The first kappa shape index (κ1) is 21.5. The number of likely N-dealkylation sites (N-methyl/N-ethyl adjacent to an activating group) is 1. The van der Waals surface area contributed by atoms with Crippen LogP contribution >= 0.6 is 11.3 Å². The number of aliphatic imine (C=N–C) groups is 1. The first-order valence-corrected chi connectivity index (χ1v) is 10.0. The molecule has 1 aromatic rings. The number of allylic oxidation sites excluding steroid dienone is 3. The highest BCUT2D eigenvalue weighted by atomic mass is 32.1. The quantitative estimate of drug-likeness (QED) is 0.663. The molecule has 0 unspecified atom stereocenters. The second-order valence-electron chi connectivity index (χ2n) is 5.92. The zero-order chi connectivity index (χ0) is 18.8. The summed E-state index contributed by atoms with van der Waals surface area (Å²) in [4.78, 5) is 10.9. The second-order valence-corrected chi connectivity index (χ2v) is 7.18. The van der Waals surface area contributed by atoms with Crippen LogP contribution in [0.4, 0.5) is 5.00 Å². The van der Waals surface area contributed by atoms with Gasteiger partial charge in [-0.3, -0.25) is 0 Å². The zero-order valence-corrected chi connectivity index (χ0v) is 17.7. The summed E-state index contributed by atoms with van der Waals surface area (Å²) in [6, 6.07) is 2.25. The molecule has 1 N–H and O–H groups in total. The molecule has 3 heterocycles. The summed E-state index contributed by atoms with van der Waals surface area (Å²) in [7, 11) is 2.18. The Kier molecular flexibility index (Phi) is 9.53. The lowest BCUT2D eigenvalue weighted by atomic mass is 10.2. The minimum atomic E-state index is 1.04. The summed E-state index contributed by atoms with van der Waals surface area (Å²) in [6.45, 7) is 16.5. The number of aryl methyl sites for hydroxylation is 1. The second kappa shape index (κ2) is 11.1. The topological polar surface area (TPSA) is 30.9 Å². The van der Waals surface area contributed by atoms with Crippen molar-refractivity contribution in [2.45, 2.75) is 41.5 Å². The lowest BCUT2D eigenvalue weighted by Gasteiger charge is -2.34. The van der Waals surface area contributed by atoms with Gasteiger partial charge in [0.15, 0.2) is 0 Å². The number of amidine groups is 1. The Morgan fingerprint density at radius 3 is 2.24 bits per heavy atom. The number of rotatable bonds is 0. The molecule has 25 heavy (non-hydrogen) atoms. The van der Waals surface area contributed by atoms with Crippen molar-refractivity contribution in [3.63, 3.8) is 0 Å². The van der Waals surface area contributed by atoms with Crippen LogP contribution in [-0.2, 0) is 0 Å². The van der Waals surface area contributed by atoms with Crippen molar-refractivity contribution < 1.29 is 0 Å². The third kappa shape index (κ3) is 6.33. The smallest absolute Gasteiger partial charge is 0.139 e. The molecule has 1 fully saturated rings. The van der Waals surface area contributed by atoms with Crippen molar-refractivity contribution in [2.24, 2.45) is 4.99 Å². The van der Waals surface area contributed by atoms with E-state index in [0.717, 1.165) is 37.7 Å². The van der Waals surface area contributed by atoms with Gasteiger partial charge in [0.1, 0.15) is 10.8 Å². The number of hydrogen-bond acceptors (Lipinski definition) is 5. The van der Waals surface area contributed by atoms with E-state index in [1.807, 2.05) is 53.0 Å². The van der Waals surface area contributed by atoms with Gasteiger partial charge in [-0.2, -0.15) is 0 Å². The van der Waals surface area contributed by atoms with E-state index in [1.165, 1.54) is 15.4 Å². The van der Waals surface area contributed by atoms with E-state index < -0.39 is 0 Å². The van der Waals surface area contributed by atoms with Gasteiger partial charge in [-0.05, 0) is 40.8 Å². The molecule has 140 valence electrons. The Hall–Kier alpha value is -1.59. The molecular weight excluding hydrogens is 328 g/mol. The fraction of sp³-hybridized carbons (Fsp3) is 0.550. The van der Waals surface area contributed by atoms with Crippen LogP contribution in [0.3, 0.4) is 0 Å². The number of nitrogens with one attached hydrogen (secondary N) is 1. The summed E-state index contributed by atoms with van der Waals surface area (Å²) in [5.41, 5.74) is 2.29. The highest BCUT2D eigenvalue weighted by Crippen LogP contribution is 2.31. The Balaban J connectivity index is 0.000000461. The predicted octanol–water partition coefficient (Wildman–Crippen LogP) is 4.95. The van der Waals surface area contributed by atoms with E-state index >= 15 is 0 Å². The number of anilines is 1. The van der Waals surface area contributed by atoms with Crippen LogP contribution in [0.2, 0.25) is 0 Å². The molecule has 2 aliphatic rings. The van der Waals surface area contributed by atoms with Gasteiger partial charge in [0.05, 0.1) is 11.3 Å². The molecule has 2 aliphatic heterocycles. The predicted molar refractivity (Wildman–Crippen MR) is 114 cm³/mol. The van der Waals surface area contributed by atoms with Crippen LogP contribution in [-0.4, -0.2) is 48.9 Å². The van der Waals surface area contributed by atoms with Gasteiger partial charge in [-0.15, -0.1) is 11.3 Å². The molecule has 0 amide bonds. The molecule has 0 radical (unpaired) electrons. The lowest BCUT2D eigenvalue weighted by Crippen LogP contribution is -2.47. The Morgan fingerprint density at radius 2 is 1.68 bits per heavy atom. The average molecular weight is 363 g/mol. The highest BCUT2D eigenvalue weighted by molar-refractivity contribution is 7.16. The summed E-state index contributed by atoms with van der Waals surface area (Å²) >= 11 is 1.80. The van der Waals surface area contributed by atoms with Gasteiger partial charge in [-0.25, -0.2) is 4.99 Å². The van der Waals surface area contributed by atoms with Gasteiger partial charge in [0.2, 0.25) is 0 Å². The average Bonchev–Trinajstić information content (AvgIpc) is 2.94. The first-order valence-electron chi connectivity index (χ1n) is 9.18. The zero-order valence-electron chi connectivity index (χ0n) is 16.9. The summed E-state index contributed by atoms with van der Waals surface area (Å²) in [6.07, 6.45) is 6.00. The Morgan fingerprint density at radius 1 is 1.08 bits per heavy atom. The van der Waals surface area contributed by atoms with Gasteiger partial charge >= 0.3 is 0 Å². The molecular formula is C20H34N4S. The van der Waals surface area contributed by atoms with E-state index in [1.54, 1.807) is 11.3 Å². The molecule has 0 saturated carbocycles. The molecule has 0 aromatic carbocycles. The van der Waals surface area contributed by atoms with Gasteiger partial charge in [0.25, 0.3) is 0 Å². The third-order valence-corrected chi connectivity index (χ3v) is 4.91. The van der Waals surface area contributed by atoms with Crippen LogP contribution in [0.1, 0.15) is 45.1 Å². The van der Waals surface area contributed by atoms with Crippen molar-refractivity contribution >= 4 is 22.2 Å². The molecule has 1 saturated heterocycles. The van der Waals surface area contributed by atoms with Crippen LogP contribution in [0.15, 0.2) is 35.1 Å². The third-order valence-electron chi connectivity index (χ3n) is 3.93. The monoisotopic (exact) mass is 362 g/mol. The maximum absolute atomic E-state index is 4.81. The van der Waals surface area contributed by atoms with Gasteiger partial charge in [0, 0.05) is 37.3 Å². The van der Waals surface area contributed by atoms with Crippen molar-refractivity contribution in [1.29, 1.82) is 0 Å². The van der Waals surface area contributed by atoms with E-state index in [4.69, 9.17) is 4.99 Å². The molecule has 0 aliphatic carbocycles. The minimum absolute atomic E-state index is 1.04. The summed E-state index contributed by atoms with van der Waals surface area (Å²) < 4.78 is 0. The maximum atomic E-state index is 4.81. The number of hydrogen-bond donors (Lipinski definition) is 1. The van der Waals surface area contributed by atoms with E-state index in [0.29, 0.717) is 0 Å². The summed E-state index contributed by atoms with van der Waals surface area (Å²) in [5.74, 6) is 1.13. The van der Waals surface area contributed by atoms with Crippen LogP contribution < -0.4 is 5.32 Å². The van der Waals surface area contributed by atoms with Crippen molar-refractivity contribution in [3.05, 3.63) is 40.6 Å².